The molecule has 0 aromatic carbocycles. The maximum absolute atomic E-state index is 13.4. The highest BCUT2D eigenvalue weighted by Gasteiger charge is 2.72. The van der Waals surface area contributed by atoms with Crippen LogP contribution in [0, 0.1) is 56.7 Å². The van der Waals surface area contributed by atoms with Gasteiger partial charge in [-0.1, -0.05) is 66.5 Å². The number of carboxylic acid groups (broad SMARTS) is 1. The van der Waals surface area contributed by atoms with E-state index in [1.807, 2.05) is 0 Å². The molecule has 0 aromatic heterocycles. The van der Waals surface area contributed by atoms with Crippen LogP contribution in [0.5, 0.6) is 0 Å². The van der Waals surface area contributed by atoms with Gasteiger partial charge in [0.1, 0.15) is 18.2 Å². The van der Waals surface area contributed by atoms with E-state index in [2.05, 4.69) is 54.5 Å². The molecule has 2 unspecified atom stereocenters. The summed E-state index contributed by atoms with van der Waals surface area (Å²) in [4.78, 5) is 39.3. The molecule has 4 aliphatic carbocycles. The Hall–Kier alpha value is -1.97. The first-order valence-corrected chi connectivity index (χ1v) is 18.3. The molecule has 5 N–H and O–H groups in total. The fraction of sp³-hybridized carbons (Fsp3) is 0.868. The van der Waals surface area contributed by atoms with E-state index >= 15 is 0 Å². The monoisotopic (exact) mass is 658 g/mol. The molecule has 0 spiro atoms. The van der Waals surface area contributed by atoms with Crippen LogP contribution in [0.2, 0.25) is 0 Å². The predicted octanol–water partition coefficient (Wildman–Crippen LogP) is 5.87. The Morgan fingerprint density at radius 3 is 2.34 bits per heavy atom. The Morgan fingerprint density at radius 1 is 1.02 bits per heavy atom. The van der Waals surface area contributed by atoms with Crippen molar-refractivity contribution in [2.24, 2.45) is 68.1 Å². The number of nitrogens with two attached hydrogens (primary N) is 2. The zero-order valence-corrected chi connectivity index (χ0v) is 30.2. The summed E-state index contributed by atoms with van der Waals surface area (Å²) in [5.74, 6) is -1.01. The molecule has 47 heavy (non-hydrogen) atoms. The predicted molar refractivity (Wildman–Crippen MR) is 180 cm³/mol. The van der Waals surface area contributed by atoms with Gasteiger partial charge in [0.25, 0.3) is 0 Å². The van der Waals surface area contributed by atoms with E-state index < -0.39 is 58.3 Å². The number of ether oxygens (including phenoxy) is 3. The molecule has 1 saturated heterocycles. The van der Waals surface area contributed by atoms with Crippen molar-refractivity contribution >= 4 is 17.9 Å². The lowest BCUT2D eigenvalue weighted by molar-refractivity contribution is -0.263. The molecule has 0 aromatic rings. The van der Waals surface area contributed by atoms with Crippen LogP contribution in [0.4, 0.5) is 0 Å². The SMILES string of the molecule is CC(=O)O[C@@H]1C[C@@]23COC[C@@](C)([C@@H]2CC[C@H]2C3=CC[C@@]3(C)[C@H](C(=O)O)[C@@](C)(C(C)C(C)C)CC[C@]23C)[C@H]1OC(=O)C(N)CCCCN. The normalized spacial score (nSPS) is 43.8. The summed E-state index contributed by atoms with van der Waals surface area (Å²) in [5.41, 5.74) is 11.3. The molecule has 0 radical (unpaired) electrons. The van der Waals surface area contributed by atoms with Crippen molar-refractivity contribution in [3.63, 3.8) is 0 Å². The van der Waals surface area contributed by atoms with E-state index in [0.717, 1.165) is 38.5 Å². The number of hydrogen-bond donors (Lipinski definition) is 3. The Labute approximate surface area is 282 Å². The average molecular weight is 659 g/mol. The Balaban J connectivity index is 1.54. The van der Waals surface area contributed by atoms with E-state index in [0.29, 0.717) is 44.9 Å². The standard InChI is InChI=1S/C38H62N2O7/c1-22(2)23(3)34(5)16-17-36(7)25-12-13-29-35(6)20-45-21-38(29,26(25)14-15-37(36,8)30(34)32(42)43)19-28(46-24(4)41)31(35)47-33(44)27(40)11-9-10-18-39/h14,22-23,25,27-31H,9-13,15-21,39-40H2,1-8H3,(H,42,43)/t23?,25-,27?,28+,29-,30+,31-,34+,35-,36+,37-,38-/m0/s1. The van der Waals surface area contributed by atoms with Crippen molar-refractivity contribution in [2.45, 2.75) is 131 Å². The van der Waals surface area contributed by atoms with Gasteiger partial charge in [-0.05, 0) is 97.8 Å². The molecular weight excluding hydrogens is 596 g/mol. The number of rotatable bonds is 10. The van der Waals surface area contributed by atoms with Gasteiger partial charge in [0.05, 0.1) is 19.1 Å². The van der Waals surface area contributed by atoms with Crippen LogP contribution < -0.4 is 11.5 Å². The van der Waals surface area contributed by atoms with Crippen LogP contribution in [-0.4, -0.2) is 61.0 Å². The van der Waals surface area contributed by atoms with E-state index in [1.54, 1.807) is 0 Å². The first-order valence-electron chi connectivity index (χ1n) is 18.3. The molecule has 266 valence electrons. The van der Waals surface area contributed by atoms with Crippen molar-refractivity contribution in [1.82, 2.24) is 0 Å². The second-order valence-electron chi connectivity index (χ2n) is 17.4. The number of hydrogen-bond acceptors (Lipinski definition) is 8. The highest BCUT2D eigenvalue weighted by molar-refractivity contribution is 5.76. The third-order valence-electron chi connectivity index (χ3n) is 14.9. The Kier molecular flexibility index (Phi) is 9.83. The maximum atomic E-state index is 13.4. The number of esters is 2. The summed E-state index contributed by atoms with van der Waals surface area (Å²) in [6, 6.07) is -0.772. The van der Waals surface area contributed by atoms with Gasteiger partial charge in [0, 0.05) is 17.8 Å². The summed E-state index contributed by atoms with van der Waals surface area (Å²) in [6.45, 7) is 18.5. The van der Waals surface area contributed by atoms with E-state index in [1.165, 1.54) is 12.5 Å². The number of carboxylic acids is 1. The second kappa shape index (κ2) is 12.7. The molecule has 5 rings (SSSR count). The number of fused-ring (bicyclic) bond motifs is 3. The first kappa shape index (κ1) is 36.3. The van der Waals surface area contributed by atoms with Crippen molar-refractivity contribution in [1.29, 1.82) is 0 Å². The summed E-state index contributed by atoms with van der Waals surface area (Å²) < 4.78 is 18.8. The molecule has 1 heterocycles. The fourth-order valence-corrected chi connectivity index (χ4v) is 11.9. The summed E-state index contributed by atoms with van der Waals surface area (Å²) in [6.07, 6.45) is 7.97. The molecule has 3 saturated carbocycles. The van der Waals surface area contributed by atoms with Crippen LogP contribution in [0.15, 0.2) is 11.6 Å². The molecule has 12 atom stereocenters. The third-order valence-corrected chi connectivity index (χ3v) is 14.9. The Morgan fingerprint density at radius 2 is 1.72 bits per heavy atom. The van der Waals surface area contributed by atoms with Crippen molar-refractivity contribution < 1.29 is 33.7 Å². The number of allylic oxidation sites excluding steroid dienone is 1. The molecule has 2 bridgehead atoms. The van der Waals surface area contributed by atoms with Gasteiger partial charge in [-0.15, -0.1) is 0 Å². The highest BCUT2D eigenvalue weighted by atomic mass is 16.6. The van der Waals surface area contributed by atoms with Crippen LogP contribution in [-0.2, 0) is 28.6 Å². The highest BCUT2D eigenvalue weighted by Crippen LogP contribution is 2.75. The molecule has 9 heteroatoms. The maximum Gasteiger partial charge on any atom is 0.323 e. The average Bonchev–Trinajstić information content (AvgIpc) is 2.98. The van der Waals surface area contributed by atoms with Gasteiger partial charge in [0.2, 0.25) is 0 Å². The first-order chi connectivity index (χ1) is 21.9. The fourth-order valence-electron chi connectivity index (χ4n) is 11.9. The number of carbonyl (C=O) groups excluding carboxylic acids is 2. The number of carbonyl (C=O) groups is 3. The van der Waals surface area contributed by atoms with Crippen LogP contribution >= 0.6 is 0 Å². The van der Waals surface area contributed by atoms with Gasteiger partial charge in [-0.25, -0.2) is 0 Å². The van der Waals surface area contributed by atoms with E-state index in [4.69, 9.17) is 25.7 Å². The minimum Gasteiger partial charge on any atom is -0.481 e. The second-order valence-corrected chi connectivity index (χ2v) is 17.4. The largest absolute Gasteiger partial charge is 0.481 e. The summed E-state index contributed by atoms with van der Waals surface area (Å²) in [5, 5.41) is 11.0. The Bertz CT molecular complexity index is 1270. The quantitative estimate of drug-likeness (QED) is 0.149. The smallest absolute Gasteiger partial charge is 0.323 e. The third kappa shape index (κ3) is 5.49. The number of unbranched alkanes of at least 4 members (excludes halogenated alkanes) is 1. The zero-order valence-electron chi connectivity index (χ0n) is 30.2. The molecule has 1 aliphatic heterocycles. The summed E-state index contributed by atoms with van der Waals surface area (Å²) in [7, 11) is 0. The van der Waals surface area contributed by atoms with Gasteiger partial charge in [-0.2, -0.15) is 0 Å². The molecule has 9 nitrogen and oxygen atoms in total. The minimum atomic E-state index is -0.772. The van der Waals surface area contributed by atoms with Gasteiger partial charge in [0.15, 0.2) is 0 Å². The lowest BCUT2D eigenvalue weighted by atomic mass is 9.34. The number of aliphatic carboxylic acids is 1. The molecule has 4 fully saturated rings. The van der Waals surface area contributed by atoms with Gasteiger partial charge < -0.3 is 30.8 Å². The van der Waals surface area contributed by atoms with Crippen LogP contribution in [0.1, 0.15) is 113 Å². The molecule has 5 aliphatic rings. The summed E-state index contributed by atoms with van der Waals surface area (Å²) >= 11 is 0. The lowest BCUT2D eigenvalue weighted by Gasteiger charge is -2.71. The van der Waals surface area contributed by atoms with Crippen molar-refractivity contribution in [3.05, 3.63) is 11.6 Å². The lowest BCUT2D eigenvalue weighted by Crippen LogP contribution is -2.70. The minimum absolute atomic E-state index is 0.155. The van der Waals surface area contributed by atoms with Crippen LogP contribution in [0.3, 0.4) is 0 Å². The molecular formula is C38H62N2O7. The van der Waals surface area contributed by atoms with Crippen molar-refractivity contribution in [3.8, 4) is 0 Å². The topological polar surface area (TPSA) is 151 Å². The van der Waals surface area contributed by atoms with Crippen molar-refractivity contribution in [2.75, 3.05) is 19.8 Å². The molecule has 0 amide bonds. The zero-order chi connectivity index (χ0) is 34.7. The van der Waals surface area contributed by atoms with E-state index in [9.17, 15) is 19.5 Å². The van der Waals surface area contributed by atoms with Gasteiger partial charge in [-0.3, -0.25) is 14.4 Å². The van der Waals surface area contributed by atoms with Crippen LogP contribution in [0.25, 0.3) is 0 Å². The van der Waals surface area contributed by atoms with Gasteiger partial charge >= 0.3 is 17.9 Å². The van der Waals surface area contributed by atoms with E-state index in [-0.39, 0.29) is 28.6 Å².